The first kappa shape index (κ1) is 15.0. The minimum absolute atomic E-state index is 0.551. The molecule has 1 saturated heterocycles. The minimum atomic E-state index is -0.681. The first-order valence-electron chi connectivity index (χ1n) is 7.37. The molecule has 1 N–H and O–H groups in total. The van der Waals surface area contributed by atoms with Crippen molar-refractivity contribution < 1.29 is 14.4 Å². The molecule has 1 aromatic rings. The first-order chi connectivity index (χ1) is 9.59. The number of aromatic nitrogens is 2. The van der Waals surface area contributed by atoms with E-state index < -0.39 is 11.4 Å². The SMILES string of the molecule is CCCc1noc(CN2CCC(CCC)(C(=O)O)C2)n1. The van der Waals surface area contributed by atoms with Crippen molar-refractivity contribution in [2.24, 2.45) is 5.41 Å². The van der Waals surface area contributed by atoms with Crippen molar-refractivity contribution in [3.8, 4) is 0 Å². The normalized spacial score (nSPS) is 23.3. The number of likely N-dealkylation sites (tertiary alicyclic amines) is 1. The summed E-state index contributed by atoms with van der Waals surface area (Å²) in [6.07, 6.45) is 4.12. The third kappa shape index (κ3) is 3.17. The van der Waals surface area contributed by atoms with E-state index in [-0.39, 0.29) is 0 Å². The van der Waals surface area contributed by atoms with Gasteiger partial charge >= 0.3 is 5.97 Å². The van der Waals surface area contributed by atoms with E-state index in [0.717, 1.165) is 38.1 Å². The molecule has 1 unspecified atom stereocenters. The number of carboxylic acid groups (broad SMARTS) is 1. The monoisotopic (exact) mass is 281 g/mol. The molecule has 0 aromatic carbocycles. The topological polar surface area (TPSA) is 79.5 Å². The number of hydrogen-bond acceptors (Lipinski definition) is 5. The Bertz CT molecular complexity index is 460. The van der Waals surface area contributed by atoms with Gasteiger partial charge in [0.2, 0.25) is 5.89 Å². The van der Waals surface area contributed by atoms with Gasteiger partial charge in [-0.05, 0) is 25.8 Å². The van der Waals surface area contributed by atoms with E-state index in [9.17, 15) is 9.90 Å². The zero-order chi connectivity index (χ0) is 14.6. The maximum Gasteiger partial charge on any atom is 0.310 e. The van der Waals surface area contributed by atoms with Gasteiger partial charge in [-0.2, -0.15) is 4.98 Å². The molecule has 0 spiro atoms. The Labute approximate surface area is 119 Å². The van der Waals surface area contributed by atoms with Crippen LogP contribution in [0.5, 0.6) is 0 Å². The lowest BCUT2D eigenvalue weighted by Crippen LogP contribution is -2.34. The molecule has 0 aliphatic carbocycles. The van der Waals surface area contributed by atoms with E-state index in [1.54, 1.807) is 0 Å². The van der Waals surface area contributed by atoms with E-state index >= 15 is 0 Å². The fourth-order valence-electron chi connectivity index (χ4n) is 2.93. The lowest BCUT2D eigenvalue weighted by molar-refractivity contribution is -0.148. The number of aliphatic carboxylic acids is 1. The Morgan fingerprint density at radius 2 is 2.25 bits per heavy atom. The van der Waals surface area contributed by atoms with Crippen LogP contribution in [0.3, 0.4) is 0 Å². The first-order valence-corrected chi connectivity index (χ1v) is 7.37. The van der Waals surface area contributed by atoms with E-state index in [2.05, 4.69) is 22.0 Å². The highest BCUT2D eigenvalue weighted by Crippen LogP contribution is 2.36. The van der Waals surface area contributed by atoms with Crippen LogP contribution in [0.4, 0.5) is 0 Å². The molecule has 2 heterocycles. The van der Waals surface area contributed by atoms with Crippen molar-refractivity contribution in [1.29, 1.82) is 0 Å². The summed E-state index contributed by atoms with van der Waals surface area (Å²) in [4.78, 5) is 18.0. The number of hydrogen-bond donors (Lipinski definition) is 1. The molecule has 0 saturated carbocycles. The molecule has 1 aliphatic rings. The van der Waals surface area contributed by atoms with Crippen LogP contribution < -0.4 is 0 Å². The molecule has 6 heteroatoms. The molecule has 6 nitrogen and oxygen atoms in total. The minimum Gasteiger partial charge on any atom is -0.481 e. The Morgan fingerprint density at radius 3 is 2.90 bits per heavy atom. The number of carboxylic acids is 1. The highest BCUT2D eigenvalue weighted by atomic mass is 16.5. The van der Waals surface area contributed by atoms with Crippen molar-refractivity contribution >= 4 is 5.97 Å². The third-order valence-electron chi connectivity index (χ3n) is 3.96. The van der Waals surface area contributed by atoms with Crippen LogP contribution >= 0.6 is 0 Å². The smallest absolute Gasteiger partial charge is 0.310 e. The fraction of sp³-hybridized carbons (Fsp3) is 0.786. The molecule has 0 amide bonds. The van der Waals surface area contributed by atoms with Crippen LogP contribution in [0.15, 0.2) is 4.52 Å². The Hall–Kier alpha value is -1.43. The predicted molar refractivity (Wildman–Crippen MR) is 73.2 cm³/mol. The van der Waals surface area contributed by atoms with Gasteiger partial charge < -0.3 is 9.63 Å². The van der Waals surface area contributed by atoms with Gasteiger partial charge in [0, 0.05) is 13.0 Å². The molecule has 112 valence electrons. The van der Waals surface area contributed by atoms with E-state index in [4.69, 9.17) is 4.52 Å². The van der Waals surface area contributed by atoms with Crippen LogP contribution in [0.2, 0.25) is 0 Å². The number of rotatable bonds is 7. The van der Waals surface area contributed by atoms with Crippen LogP contribution in [0.25, 0.3) is 0 Å². The Balaban J connectivity index is 1.96. The molecule has 1 atom stereocenters. The molecular weight excluding hydrogens is 258 g/mol. The zero-order valence-electron chi connectivity index (χ0n) is 12.3. The number of aryl methyl sites for hydroxylation is 1. The quantitative estimate of drug-likeness (QED) is 0.824. The van der Waals surface area contributed by atoms with Gasteiger partial charge in [0.15, 0.2) is 5.82 Å². The fourth-order valence-corrected chi connectivity index (χ4v) is 2.93. The lowest BCUT2D eigenvalue weighted by atomic mass is 9.83. The molecule has 0 radical (unpaired) electrons. The number of carbonyl (C=O) groups is 1. The zero-order valence-corrected chi connectivity index (χ0v) is 12.3. The van der Waals surface area contributed by atoms with Crippen LogP contribution in [0, 0.1) is 5.41 Å². The van der Waals surface area contributed by atoms with Gasteiger partial charge in [0.25, 0.3) is 0 Å². The second kappa shape index (κ2) is 6.35. The summed E-state index contributed by atoms with van der Waals surface area (Å²) >= 11 is 0. The average Bonchev–Trinajstić information content (AvgIpc) is 2.99. The summed E-state index contributed by atoms with van der Waals surface area (Å²) in [7, 11) is 0. The van der Waals surface area contributed by atoms with Crippen molar-refractivity contribution in [3.05, 3.63) is 11.7 Å². The van der Waals surface area contributed by atoms with Gasteiger partial charge in [0.05, 0.1) is 12.0 Å². The summed E-state index contributed by atoms with van der Waals surface area (Å²) in [5.41, 5.74) is -0.596. The van der Waals surface area contributed by atoms with E-state index in [1.807, 2.05) is 6.92 Å². The molecule has 1 aliphatic heterocycles. The largest absolute Gasteiger partial charge is 0.481 e. The third-order valence-corrected chi connectivity index (χ3v) is 3.96. The Kier molecular flexibility index (Phi) is 4.75. The van der Waals surface area contributed by atoms with Crippen molar-refractivity contribution in [1.82, 2.24) is 15.0 Å². The highest BCUT2D eigenvalue weighted by molar-refractivity contribution is 5.75. The van der Waals surface area contributed by atoms with Crippen LogP contribution in [0.1, 0.15) is 51.2 Å². The van der Waals surface area contributed by atoms with Crippen LogP contribution in [-0.2, 0) is 17.8 Å². The molecule has 2 rings (SSSR count). The lowest BCUT2D eigenvalue weighted by Gasteiger charge is -2.23. The second-order valence-electron chi connectivity index (χ2n) is 5.65. The van der Waals surface area contributed by atoms with E-state index in [1.165, 1.54) is 0 Å². The maximum atomic E-state index is 11.5. The molecule has 20 heavy (non-hydrogen) atoms. The van der Waals surface area contributed by atoms with Crippen molar-refractivity contribution in [2.75, 3.05) is 13.1 Å². The standard InChI is InChI=1S/C14H23N3O3/c1-3-5-11-15-12(20-16-11)9-17-8-7-14(10-17,6-4-2)13(18)19/h3-10H2,1-2H3,(H,18,19). The molecule has 0 bridgehead atoms. The van der Waals surface area contributed by atoms with Gasteiger partial charge in [-0.1, -0.05) is 25.4 Å². The summed E-state index contributed by atoms with van der Waals surface area (Å²) in [5, 5.41) is 13.4. The van der Waals surface area contributed by atoms with Crippen LogP contribution in [-0.4, -0.2) is 39.2 Å². The van der Waals surface area contributed by atoms with E-state index in [0.29, 0.717) is 25.4 Å². The molecule has 1 fully saturated rings. The van der Waals surface area contributed by atoms with Crippen molar-refractivity contribution in [2.45, 2.75) is 52.5 Å². The maximum absolute atomic E-state index is 11.5. The predicted octanol–water partition coefficient (Wildman–Crippen LogP) is 2.10. The summed E-state index contributed by atoms with van der Waals surface area (Å²) < 4.78 is 5.22. The van der Waals surface area contributed by atoms with Gasteiger partial charge in [-0.25, -0.2) is 0 Å². The summed E-state index contributed by atoms with van der Waals surface area (Å²) in [6, 6.07) is 0. The van der Waals surface area contributed by atoms with Gasteiger partial charge in [0.1, 0.15) is 0 Å². The van der Waals surface area contributed by atoms with Crippen molar-refractivity contribution in [3.63, 3.8) is 0 Å². The molecule has 1 aromatic heterocycles. The number of nitrogens with zero attached hydrogens (tertiary/aromatic N) is 3. The Morgan fingerprint density at radius 1 is 1.45 bits per heavy atom. The second-order valence-corrected chi connectivity index (χ2v) is 5.65. The molecular formula is C14H23N3O3. The highest BCUT2D eigenvalue weighted by Gasteiger charge is 2.44. The van der Waals surface area contributed by atoms with Gasteiger partial charge in [-0.15, -0.1) is 0 Å². The van der Waals surface area contributed by atoms with Gasteiger partial charge in [-0.3, -0.25) is 9.69 Å². The summed E-state index contributed by atoms with van der Waals surface area (Å²) in [5.74, 6) is 0.643. The summed E-state index contributed by atoms with van der Waals surface area (Å²) in [6.45, 7) is 6.00. The average molecular weight is 281 g/mol.